The third kappa shape index (κ3) is 2.39. The number of hydrogen-bond donors (Lipinski definition) is 1. The molecule has 0 bridgehead atoms. The fourth-order valence-electron chi connectivity index (χ4n) is 1.90. The van der Waals surface area contributed by atoms with Gasteiger partial charge in [0.2, 0.25) is 0 Å². The molecule has 0 aliphatic carbocycles. The molecule has 0 amide bonds. The van der Waals surface area contributed by atoms with Gasteiger partial charge in [-0.15, -0.1) is 0 Å². The highest BCUT2D eigenvalue weighted by molar-refractivity contribution is 7.99. The van der Waals surface area contributed by atoms with Crippen LogP contribution in [0.4, 0.5) is 0 Å². The molecule has 0 spiro atoms. The number of rotatable bonds is 1. The second-order valence-electron chi connectivity index (χ2n) is 4.90. The van der Waals surface area contributed by atoms with Gasteiger partial charge in [-0.2, -0.15) is 11.8 Å². The molecule has 2 saturated heterocycles. The van der Waals surface area contributed by atoms with Crippen LogP contribution in [0.25, 0.3) is 0 Å². The highest BCUT2D eigenvalue weighted by atomic mass is 32.2. The summed E-state index contributed by atoms with van der Waals surface area (Å²) in [5.41, 5.74) is 0.322. The van der Waals surface area contributed by atoms with Crippen LogP contribution in [-0.2, 0) is 4.74 Å². The van der Waals surface area contributed by atoms with Gasteiger partial charge in [0, 0.05) is 17.9 Å². The van der Waals surface area contributed by atoms with Gasteiger partial charge in [0.05, 0.1) is 6.61 Å². The molecule has 2 atom stereocenters. The maximum absolute atomic E-state index is 5.85. The van der Waals surface area contributed by atoms with E-state index in [0.29, 0.717) is 11.6 Å². The molecule has 2 unspecified atom stereocenters. The van der Waals surface area contributed by atoms with E-state index in [1.165, 1.54) is 17.9 Å². The smallest absolute Gasteiger partial charge is 0.111 e. The Morgan fingerprint density at radius 2 is 2.31 bits per heavy atom. The highest BCUT2D eigenvalue weighted by Crippen LogP contribution is 2.30. The minimum Gasteiger partial charge on any atom is -0.362 e. The lowest BCUT2D eigenvalue weighted by Crippen LogP contribution is -2.50. The fraction of sp³-hybridized carbons (Fsp3) is 1.00. The largest absolute Gasteiger partial charge is 0.362 e. The Morgan fingerprint density at radius 3 is 2.85 bits per heavy atom. The van der Waals surface area contributed by atoms with Crippen molar-refractivity contribution in [3.05, 3.63) is 0 Å². The SMILES string of the molecule is CC1(C)CNC(C2CCSC2)OC1. The topological polar surface area (TPSA) is 21.3 Å². The Balaban J connectivity index is 1.83. The normalized spacial score (nSPS) is 39.2. The summed E-state index contributed by atoms with van der Waals surface area (Å²) in [5.74, 6) is 3.34. The Labute approximate surface area is 84.8 Å². The molecule has 2 nitrogen and oxygen atoms in total. The van der Waals surface area contributed by atoms with Gasteiger partial charge >= 0.3 is 0 Å². The van der Waals surface area contributed by atoms with E-state index < -0.39 is 0 Å². The van der Waals surface area contributed by atoms with Crippen molar-refractivity contribution in [2.24, 2.45) is 11.3 Å². The summed E-state index contributed by atoms with van der Waals surface area (Å²) in [7, 11) is 0. The van der Waals surface area contributed by atoms with Gasteiger partial charge in [-0.3, -0.25) is 5.32 Å². The quantitative estimate of drug-likeness (QED) is 0.698. The first-order valence-corrected chi connectivity index (χ1v) is 6.26. The Bertz CT molecular complexity index is 168. The van der Waals surface area contributed by atoms with Crippen molar-refractivity contribution in [2.45, 2.75) is 26.5 Å². The van der Waals surface area contributed by atoms with E-state index in [-0.39, 0.29) is 0 Å². The van der Waals surface area contributed by atoms with E-state index in [2.05, 4.69) is 30.9 Å². The molecule has 0 saturated carbocycles. The molecule has 0 aromatic carbocycles. The van der Waals surface area contributed by atoms with Crippen LogP contribution in [0.3, 0.4) is 0 Å². The average Bonchev–Trinajstić information content (AvgIpc) is 2.56. The first-order chi connectivity index (χ1) is 6.17. The zero-order valence-corrected chi connectivity index (χ0v) is 9.32. The van der Waals surface area contributed by atoms with Crippen LogP contribution in [-0.4, -0.2) is 30.9 Å². The van der Waals surface area contributed by atoms with Crippen molar-refractivity contribution < 1.29 is 4.74 Å². The molecule has 2 rings (SSSR count). The molecule has 2 heterocycles. The number of thioether (sulfide) groups is 1. The first-order valence-electron chi connectivity index (χ1n) is 5.10. The summed E-state index contributed by atoms with van der Waals surface area (Å²) < 4.78 is 5.85. The summed E-state index contributed by atoms with van der Waals surface area (Å²) in [5, 5.41) is 3.52. The van der Waals surface area contributed by atoms with Crippen molar-refractivity contribution in [1.29, 1.82) is 0 Å². The number of ether oxygens (including phenoxy) is 1. The van der Waals surface area contributed by atoms with Gasteiger partial charge in [0.1, 0.15) is 6.23 Å². The first kappa shape index (κ1) is 9.81. The summed E-state index contributed by atoms with van der Waals surface area (Å²) in [6, 6.07) is 0. The Morgan fingerprint density at radius 1 is 1.46 bits per heavy atom. The monoisotopic (exact) mass is 201 g/mol. The third-order valence-electron chi connectivity index (χ3n) is 2.83. The minimum atomic E-state index is 0.322. The molecule has 0 radical (unpaired) electrons. The van der Waals surface area contributed by atoms with Crippen molar-refractivity contribution in [3.63, 3.8) is 0 Å². The van der Waals surface area contributed by atoms with Crippen LogP contribution in [0.5, 0.6) is 0 Å². The highest BCUT2D eigenvalue weighted by Gasteiger charge is 2.33. The third-order valence-corrected chi connectivity index (χ3v) is 4.02. The van der Waals surface area contributed by atoms with Crippen molar-refractivity contribution in [1.82, 2.24) is 5.32 Å². The molecule has 13 heavy (non-hydrogen) atoms. The number of nitrogens with one attached hydrogen (secondary N) is 1. The summed E-state index contributed by atoms with van der Waals surface area (Å²) >= 11 is 2.06. The van der Waals surface area contributed by atoms with E-state index in [1.807, 2.05) is 0 Å². The van der Waals surface area contributed by atoms with E-state index in [9.17, 15) is 0 Å². The fourth-order valence-corrected chi connectivity index (χ4v) is 3.18. The maximum Gasteiger partial charge on any atom is 0.111 e. The number of hydrogen-bond acceptors (Lipinski definition) is 3. The summed E-state index contributed by atoms with van der Waals surface area (Å²) in [4.78, 5) is 0. The molecule has 2 aliphatic rings. The Hall–Kier alpha value is 0.270. The lowest BCUT2D eigenvalue weighted by atomic mass is 9.92. The molecular weight excluding hydrogens is 182 g/mol. The van der Waals surface area contributed by atoms with E-state index in [0.717, 1.165) is 19.1 Å². The van der Waals surface area contributed by atoms with Gasteiger partial charge in [0.15, 0.2) is 0 Å². The minimum absolute atomic E-state index is 0.322. The van der Waals surface area contributed by atoms with E-state index >= 15 is 0 Å². The van der Waals surface area contributed by atoms with Crippen LogP contribution in [0.15, 0.2) is 0 Å². The zero-order valence-electron chi connectivity index (χ0n) is 8.51. The van der Waals surface area contributed by atoms with E-state index in [1.54, 1.807) is 0 Å². The average molecular weight is 201 g/mol. The van der Waals surface area contributed by atoms with Crippen LogP contribution in [0.1, 0.15) is 20.3 Å². The molecule has 1 N–H and O–H groups in total. The van der Waals surface area contributed by atoms with Crippen molar-refractivity contribution in [3.8, 4) is 0 Å². The molecule has 2 aliphatic heterocycles. The molecule has 2 fully saturated rings. The predicted octanol–water partition coefficient (Wildman–Crippen LogP) is 1.71. The molecule has 0 aromatic rings. The summed E-state index contributed by atoms with van der Waals surface area (Å²) in [6.07, 6.45) is 1.66. The predicted molar refractivity (Wildman–Crippen MR) is 57.0 cm³/mol. The van der Waals surface area contributed by atoms with Gasteiger partial charge in [0.25, 0.3) is 0 Å². The van der Waals surface area contributed by atoms with Crippen molar-refractivity contribution in [2.75, 3.05) is 24.7 Å². The molecule has 0 aromatic heterocycles. The molecule has 76 valence electrons. The van der Waals surface area contributed by atoms with E-state index in [4.69, 9.17) is 4.74 Å². The second-order valence-corrected chi connectivity index (χ2v) is 6.05. The summed E-state index contributed by atoms with van der Waals surface area (Å²) in [6.45, 7) is 6.50. The van der Waals surface area contributed by atoms with Gasteiger partial charge in [-0.25, -0.2) is 0 Å². The van der Waals surface area contributed by atoms with Crippen LogP contribution in [0, 0.1) is 11.3 Å². The van der Waals surface area contributed by atoms with Gasteiger partial charge in [-0.1, -0.05) is 13.8 Å². The van der Waals surface area contributed by atoms with Gasteiger partial charge < -0.3 is 4.74 Å². The lowest BCUT2D eigenvalue weighted by molar-refractivity contribution is -0.0799. The van der Waals surface area contributed by atoms with Crippen LogP contribution < -0.4 is 5.32 Å². The zero-order chi connectivity index (χ0) is 9.31. The van der Waals surface area contributed by atoms with Crippen LogP contribution >= 0.6 is 11.8 Å². The van der Waals surface area contributed by atoms with Crippen LogP contribution in [0.2, 0.25) is 0 Å². The second kappa shape index (κ2) is 3.79. The van der Waals surface area contributed by atoms with Gasteiger partial charge in [-0.05, 0) is 17.9 Å². The lowest BCUT2D eigenvalue weighted by Gasteiger charge is -2.37. The molecular formula is C10H19NOS. The molecule has 3 heteroatoms. The van der Waals surface area contributed by atoms with Crippen molar-refractivity contribution >= 4 is 11.8 Å². The Kier molecular flexibility index (Phi) is 2.86. The standard InChI is InChI=1S/C10H19NOS/c1-10(2)6-11-9(12-7-10)8-3-4-13-5-8/h8-9,11H,3-7H2,1-2H3. The maximum atomic E-state index is 5.85.